The highest BCUT2D eigenvalue weighted by molar-refractivity contribution is 5.93. The molecule has 94 valence electrons. The van der Waals surface area contributed by atoms with Crippen LogP contribution in [0.3, 0.4) is 0 Å². The molecule has 0 bridgehead atoms. The van der Waals surface area contributed by atoms with E-state index in [0.29, 0.717) is 11.4 Å². The largest absolute Gasteiger partial charge is 0.497 e. The zero-order chi connectivity index (χ0) is 13.1. The number of carbonyl (C=O) groups excluding carboxylic acids is 1. The van der Waals surface area contributed by atoms with Crippen LogP contribution in [-0.2, 0) is 0 Å². The van der Waals surface area contributed by atoms with Crippen molar-refractivity contribution >= 4 is 5.91 Å². The molecule has 0 atom stereocenters. The van der Waals surface area contributed by atoms with Crippen molar-refractivity contribution < 1.29 is 9.53 Å². The number of nitrogens with zero attached hydrogens (tertiary/aromatic N) is 3. The molecule has 1 amide bonds. The minimum Gasteiger partial charge on any atom is -0.497 e. The molecule has 0 aliphatic carbocycles. The first kappa shape index (κ1) is 12.1. The van der Waals surface area contributed by atoms with Crippen molar-refractivity contribution in [3.8, 4) is 11.4 Å². The monoisotopic (exact) mass is 246 g/mol. The third kappa shape index (κ3) is 2.04. The predicted octanol–water partition coefficient (Wildman–Crippen LogP) is 0.944. The number of benzene rings is 1. The van der Waals surface area contributed by atoms with Crippen LogP contribution in [0.4, 0.5) is 0 Å². The first-order valence-corrected chi connectivity index (χ1v) is 5.46. The van der Waals surface area contributed by atoms with Gasteiger partial charge < -0.3 is 10.1 Å². The van der Waals surface area contributed by atoms with Gasteiger partial charge in [0.2, 0.25) is 0 Å². The van der Waals surface area contributed by atoms with Crippen LogP contribution in [0.2, 0.25) is 0 Å². The van der Waals surface area contributed by atoms with E-state index in [0.717, 1.165) is 11.4 Å². The fraction of sp³-hybridized carbons (Fsp3) is 0.250. The Bertz CT molecular complexity index is 577. The van der Waals surface area contributed by atoms with Gasteiger partial charge in [0.1, 0.15) is 5.75 Å². The molecule has 1 N–H and O–H groups in total. The maximum atomic E-state index is 11.6. The second-order valence-corrected chi connectivity index (χ2v) is 3.72. The minimum absolute atomic E-state index is 0.248. The van der Waals surface area contributed by atoms with Gasteiger partial charge in [-0.3, -0.25) is 4.79 Å². The van der Waals surface area contributed by atoms with Crippen molar-refractivity contribution in [2.24, 2.45) is 0 Å². The van der Waals surface area contributed by atoms with Gasteiger partial charge in [0, 0.05) is 13.1 Å². The molecule has 0 aliphatic rings. The Labute approximate surface area is 105 Å². The van der Waals surface area contributed by atoms with Gasteiger partial charge in [-0.15, -0.1) is 5.10 Å². The average Bonchev–Trinajstić information content (AvgIpc) is 2.80. The molecular weight excluding hydrogens is 232 g/mol. The Morgan fingerprint density at radius 1 is 1.44 bits per heavy atom. The Hall–Kier alpha value is -2.37. The van der Waals surface area contributed by atoms with Gasteiger partial charge in [-0.05, 0) is 19.1 Å². The number of amides is 1. The molecule has 0 fully saturated rings. The van der Waals surface area contributed by atoms with Gasteiger partial charge in [-0.1, -0.05) is 11.3 Å². The summed E-state index contributed by atoms with van der Waals surface area (Å²) in [6, 6.07) is 7.40. The molecule has 18 heavy (non-hydrogen) atoms. The number of aromatic nitrogens is 3. The van der Waals surface area contributed by atoms with Crippen molar-refractivity contribution in [3.05, 3.63) is 35.7 Å². The molecule has 2 aromatic rings. The molecule has 1 aromatic heterocycles. The zero-order valence-corrected chi connectivity index (χ0v) is 10.5. The van der Waals surface area contributed by atoms with Crippen LogP contribution in [-0.4, -0.2) is 35.1 Å². The second kappa shape index (κ2) is 4.87. The maximum absolute atomic E-state index is 11.6. The van der Waals surface area contributed by atoms with Crippen molar-refractivity contribution in [2.45, 2.75) is 6.92 Å². The first-order valence-electron chi connectivity index (χ1n) is 5.46. The van der Waals surface area contributed by atoms with Gasteiger partial charge in [0.15, 0.2) is 5.69 Å². The quantitative estimate of drug-likeness (QED) is 0.875. The van der Waals surface area contributed by atoms with Crippen LogP contribution in [0.5, 0.6) is 5.75 Å². The Kier molecular flexibility index (Phi) is 3.27. The van der Waals surface area contributed by atoms with E-state index in [4.69, 9.17) is 4.74 Å². The second-order valence-electron chi connectivity index (χ2n) is 3.72. The van der Waals surface area contributed by atoms with Crippen LogP contribution in [0, 0.1) is 6.92 Å². The van der Waals surface area contributed by atoms with E-state index in [1.807, 2.05) is 24.3 Å². The van der Waals surface area contributed by atoms with Gasteiger partial charge in [-0.25, -0.2) is 4.68 Å². The standard InChI is InChI=1S/C12H14N4O2/c1-8-11(12(17)13-2)14-15-16(8)9-5-4-6-10(7-9)18-3/h4-7H,1-3H3,(H,13,17). The summed E-state index contributed by atoms with van der Waals surface area (Å²) in [7, 11) is 3.16. The third-order valence-electron chi connectivity index (χ3n) is 2.63. The summed E-state index contributed by atoms with van der Waals surface area (Å²) in [5.74, 6) is 0.477. The first-order chi connectivity index (χ1) is 8.67. The van der Waals surface area contributed by atoms with E-state index < -0.39 is 0 Å². The summed E-state index contributed by atoms with van der Waals surface area (Å²) in [5.41, 5.74) is 1.80. The Morgan fingerprint density at radius 3 is 2.89 bits per heavy atom. The molecule has 6 heteroatoms. The van der Waals surface area contributed by atoms with Crippen molar-refractivity contribution in [1.29, 1.82) is 0 Å². The van der Waals surface area contributed by atoms with E-state index in [9.17, 15) is 4.79 Å². The van der Waals surface area contributed by atoms with E-state index in [1.54, 1.807) is 25.8 Å². The lowest BCUT2D eigenvalue weighted by Gasteiger charge is -2.05. The Balaban J connectivity index is 2.45. The minimum atomic E-state index is -0.248. The molecule has 0 unspecified atom stereocenters. The molecule has 1 heterocycles. The summed E-state index contributed by atoms with van der Waals surface area (Å²) in [6.45, 7) is 1.80. The fourth-order valence-electron chi connectivity index (χ4n) is 1.64. The van der Waals surface area contributed by atoms with Crippen LogP contribution in [0.1, 0.15) is 16.2 Å². The molecular formula is C12H14N4O2. The van der Waals surface area contributed by atoms with Crippen molar-refractivity contribution in [3.63, 3.8) is 0 Å². The maximum Gasteiger partial charge on any atom is 0.273 e. The number of hydrogen-bond acceptors (Lipinski definition) is 4. The van der Waals surface area contributed by atoms with E-state index >= 15 is 0 Å². The molecule has 0 aliphatic heterocycles. The average molecular weight is 246 g/mol. The molecule has 0 saturated carbocycles. The molecule has 0 radical (unpaired) electrons. The molecule has 2 rings (SSSR count). The number of ether oxygens (including phenoxy) is 1. The molecule has 0 spiro atoms. The van der Waals surface area contributed by atoms with E-state index in [-0.39, 0.29) is 5.91 Å². The highest BCUT2D eigenvalue weighted by Gasteiger charge is 2.15. The topological polar surface area (TPSA) is 69.0 Å². The fourth-order valence-corrected chi connectivity index (χ4v) is 1.64. The summed E-state index contributed by atoms with van der Waals surface area (Å²) in [5, 5.41) is 10.4. The number of rotatable bonds is 3. The smallest absolute Gasteiger partial charge is 0.273 e. The van der Waals surface area contributed by atoms with Gasteiger partial charge in [-0.2, -0.15) is 0 Å². The predicted molar refractivity (Wildman–Crippen MR) is 66.0 cm³/mol. The number of nitrogens with one attached hydrogen (secondary N) is 1. The molecule has 6 nitrogen and oxygen atoms in total. The van der Waals surface area contributed by atoms with Crippen LogP contribution in [0.25, 0.3) is 5.69 Å². The number of methoxy groups -OCH3 is 1. The van der Waals surface area contributed by atoms with Crippen molar-refractivity contribution in [2.75, 3.05) is 14.2 Å². The number of carbonyl (C=O) groups is 1. The zero-order valence-electron chi connectivity index (χ0n) is 10.5. The summed E-state index contributed by atoms with van der Waals surface area (Å²) in [4.78, 5) is 11.6. The van der Waals surface area contributed by atoms with E-state index in [1.165, 1.54) is 0 Å². The van der Waals surface area contributed by atoms with Crippen LogP contribution in [0.15, 0.2) is 24.3 Å². The number of hydrogen-bond donors (Lipinski definition) is 1. The molecule has 0 saturated heterocycles. The highest BCUT2D eigenvalue weighted by Crippen LogP contribution is 2.17. The third-order valence-corrected chi connectivity index (χ3v) is 2.63. The Morgan fingerprint density at radius 2 is 2.22 bits per heavy atom. The van der Waals surface area contributed by atoms with Crippen LogP contribution >= 0.6 is 0 Å². The SMILES string of the molecule is CNC(=O)c1nnn(-c2cccc(OC)c2)c1C. The highest BCUT2D eigenvalue weighted by atomic mass is 16.5. The van der Waals surface area contributed by atoms with Crippen LogP contribution < -0.4 is 10.1 Å². The van der Waals surface area contributed by atoms with Gasteiger partial charge in [0.05, 0.1) is 18.5 Å². The summed E-state index contributed by atoms with van der Waals surface area (Å²) in [6.07, 6.45) is 0. The van der Waals surface area contributed by atoms with E-state index in [2.05, 4.69) is 15.6 Å². The van der Waals surface area contributed by atoms with Gasteiger partial charge in [0.25, 0.3) is 5.91 Å². The van der Waals surface area contributed by atoms with Gasteiger partial charge >= 0.3 is 0 Å². The lowest BCUT2D eigenvalue weighted by atomic mass is 10.2. The lowest BCUT2D eigenvalue weighted by Crippen LogP contribution is -2.19. The summed E-state index contributed by atoms with van der Waals surface area (Å²) >= 11 is 0. The molecule has 1 aromatic carbocycles. The summed E-state index contributed by atoms with van der Waals surface area (Å²) < 4.78 is 6.76. The van der Waals surface area contributed by atoms with Crippen molar-refractivity contribution in [1.82, 2.24) is 20.3 Å². The lowest BCUT2D eigenvalue weighted by molar-refractivity contribution is 0.0957. The normalized spacial score (nSPS) is 10.2.